The average molecular weight is 234 g/mol. The molecule has 0 spiro atoms. The number of hydrogen-bond donors (Lipinski definition) is 1. The van der Waals surface area contributed by atoms with Crippen molar-refractivity contribution in [1.82, 2.24) is 0 Å². The molecule has 0 heterocycles. The summed E-state index contributed by atoms with van der Waals surface area (Å²) in [5.41, 5.74) is -0.524. The number of rotatable bonds is 3. The zero-order chi connectivity index (χ0) is 11.7. The molecule has 1 rings (SSSR count). The Balaban J connectivity index is 2.72. The van der Waals surface area contributed by atoms with Gasteiger partial charge >= 0.3 is 0 Å². The van der Waals surface area contributed by atoms with Gasteiger partial charge in [-0.2, -0.15) is 8.42 Å². The molecule has 0 aromatic heterocycles. The van der Waals surface area contributed by atoms with E-state index >= 15 is 0 Å². The molecule has 1 unspecified atom stereocenters. The highest BCUT2D eigenvalue weighted by Gasteiger charge is 2.36. The van der Waals surface area contributed by atoms with Crippen LogP contribution in [0.1, 0.15) is 39.5 Å². The van der Waals surface area contributed by atoms with Crippen molar-refractivity contribution < 1.29 is 17.8 Å². The Kier molecular flexibility index (Phi) is 3.55. The Morgan fingerprint density at radius 3 is 2.53 bits per heavy atom. The number of Topliss-reactive ketones (excluding diaryl/α,β-unsaturated/α-hetero) is 1. The van der Waals surface area contributed by atoms with Crippen LogP contribution in [0.4, 0.5) is 0 Å². The Labute approximate surface area is 90.8 Å². The van der Waals surface area contributed by atoms with Crippen LogP contribution in [0.5, 0.6) is 0 Å². The molecule has 0 saturated heterocycles. The monoisotopic (exact) mass is 234 g/mol. The van der Waals surface area contributed by atoms with Crippen LogP contribution in [0.15, 0.2) is 0 Å². The van der Waals surface area contributed by atoms with E-state index in [1.807, 2.05) is 0 Å². The lowest BCUT2D eigenvalue weighted by Crippen LogP contribution is -2.35. The van der Waals surface area contributed by atoms with Crippen molar-refractivity contribution in [2.75, 3.05) is 5.75 Å². The van der Waals surface area contributed by atoms with Crippen LogP contribution in [0, 0.1) is 11.3 Å². The largest absolute Gasteiger partial charge is 0.300 e. The molecular formula is C10H18O4S. The topological polar surface area (TPSA) is 71.4 Å². The molecule has 88 valence electrons. The summed E-state index contributed by atoms with van der Waals surface area (Å²) in [4.78, 5) is 11.3. The van der Waals surface area contributed by atoms with E-state index in [0.717, 1.165) is 12.8 Å². The Morgan fingerprint density at radius 1 is 1.47 bits per heavy atom. The molecule has 1 fully saturated rings. The van der Waals surface area contributed by atoms with Gasteiger partial charge in [0.25, 0.3) is 10.1 Å². The van der Waals surface area contributed by atoms with Gasteiger partial charge in [0, 0.05) is 12.8 Å². The lowest BCUT2D eigenvalue weighted by Gasteiger charge is -2.35. The molecule has 1 N–H and O–H groups in total. The van der Waals surface area contributed by atoms with Crippen molar-refractivity contribution >= 4 is 15.9 Å². The minimum absolute atomic E-state index is 0.0701. The lowest BCUT2D eigenvalue weighted by molar-refractivity contribution is -0.122. The highest BCUT2D eigenvalue weighted by atomic mass is 32.2. The molecule has 5 heteroatoms. The van der Waals surface area contributed by atoms with Crippen LogP contribution in [-0.4, -0.2) is 24.5 Å². The summed E-state index contributed by atoms with van der Waals surface area (Å²) in [6.45, 7) is 3.59. The predicted molar refractivity (Wildman–Crippen MR) is 57.2 cm³/mol. The van der Waals surface area contributed by atoms with Crippen molar-refractivity contribution in [3.05, 3.63) is 0 Å². The minimum Gasteiger partial charge on any atom is -0.300 e. The zero-order valence-electron chi connectivity index (χ0n) is 9.19. The molecular weight excluding hydrogens is 216 g/mol. The molecule has 0 amide bonds. The van der Waals surface area contributed by atoms with Crippen molar-refractivity contribution in [3.63, 3.8) is 0 Å². The number of carbonyl (C=O) groups excluding carboxylic acids is 1. The van der Waals surface area contributed by atoms with Crippen molar-refractivity contribution in [2.24, 2.45) is 11.3 Å². The lowest BCUT2D eigenvalue weighted by atomic mass is 9.72. The van der Waals surface area contributed by atoms with Gasteiger partial charge in [0.15, 0.2) is 0 Å². The molecule has 1 aliphatic carbocycles. The minimum atomic E-state index is -3.96. The smallest absolute Gasteiger partial charge is 0.265 e. The van der Waals surface area contributed by atoms with E-state index in [0.29, 0.717) is 12.8 Å². The molecule has 0 aromatic rings. The van der Waals surface area contributed by atoms with Gasteiger partial charge in [-0.3, -0.25) is 9.35 Å². The molecule has 1 atom stereocenters. The van der Waals surface area contributed by atoms with Crippen molar-refractivity contribution in [3.8, 4) is 0 Å². The maximum Gasteiger partial charge on any atom is 0.265 e. The van der Waals surface area contributed by atoms with Crippen LogP contribution in [0.3, 0.4) is 0 Å². The van der Waals surface area contributed by atoms with Crippen LogP contribution < -0.4 is 0 Å². The van der Waals surface area contributed by atoms with Gasteiger partial charge in [-0.15, -0.1) is 0 Å². The van der Waals surface area contributed by atoms with Gasteiger partial charge in [-0.25, -0.2) is 0 Å². The standard InChI is InChI=1S/C10H18O4S/c1-10(2,7-15(12,13)14)8-4-3-5-9(11)6-8/h8H,3-7H2,1-2H3,(H,12,13,14). The summed E-state index contributed by atoms with van der Waals surface area (Å²) >= 11 is 0. The fraction of sp³-hybridized carbons (Fsp3) is 0.900. The average Bonchev–Trinajstić information content (AvgIpc) is 1.99. The number of carbonyl (C=O) groups is 1. The second kappa shape index (κ2) is 4.22. The van der Waals surface area contributed by atoms with E-state index in [9.17, 15) is 13.2 Å². The van der Waals surface area contributed by atoms with Gasteiger partial charge in [-0.05, 0) is 24.2 Å². The number of ketones is 1. The molecule has 15 heavy (non-hydrogen) atoms. The van der Waals surface area contributed by atoms with Crippen LogP contribution in [0.25, 0.3) is 0 Å². The molecule has 0 radical (unpaired) electrons. The van der Waals surface area contributed by atoms with Gasteiger partial charge in [-0.1, -0.05) is 13.8 Å². The SMILES string of the molecule is CC(C)(CS(=O)(=O)O)C1CCCC(=O)C1. The maximum absolute atomic E-state index is 11.3. The summed E-state index contributed by atoms with van der Waals surface area (Å²) < 4.78 is 30.5. The van der Waals surface area contributed by atoms with Crippen molar-refractivity contribution in [1.29, 1.82) is 0 Å². The fourth-order valence-electron chi connectivity index (χ4n) is 2.28. The Morgan fingerprint density at radius 2 is 2.07 bits per heavy atom. The molecule has 4 nitrogen and oxygen atoms in total. The zero-order valence-corrected chi connectivity index (χ0v) is 10.0. The first-order valence-electron chi connectivity index (χ1n) is 5.17. The van der Waals surface area contributed by atoms with Gasteiger partial charge in [0.1, 0.15) is 5.78 Å². The third kappa shape index (κ3) is 3.91. The Bertz CT molecular complexity index is 342. The first kappa shape index (κ1) is 12.6. The molecule has 1 saturated carbocycles. The fourth-order valence-corrected chi connectivity index (χ4v) is 3.46. The normalized spacial score (nSPS) is 24.2. The molecule has 0 bridgehead atoms. The van der Waals surface area contributed by atoms with Crippen LogP contribution in [0.2, 0.25) is 0 Å². The summed E-state index contributed by atoms with van der Waals surface area (Å²) in [6.07, 6.45) is 2.76. The highest BCUT2D eigenvalue weighted by molar-refractivity contribution is 7.85. The highest BCUT2D eigenvalue weighted by Crippen LogP contribution is 2.37. The predicted octanol–water partition coefficient (Wildman–Crippen LogP) is 1.66. The second-order valence-corrected chi connectivity index (χ2v) is 6.50. The first-order valence-corrected chi connectivity index (χ1v) is 6.78. The quantitative estimate of drug-likeness (QED) is 0.754. The molecule has 0 aliphatic heterocycles. The first-order chi connectivity index (χ1) is 6.71. The molecule has 1 aliphatic rings. The van der Waals surface area contributed by atoms with Gasteiger partial charge < -0.3 is 0 Å². The summed E-state index contributed by atoms with van der Waals surface area (Å²) in [5, 5.41) is 0. The summed E-state index contributed by atoms with van der Waals surface area (Å²) in [6, 6.07) is 0. The summed E-state index contributed by atoms with van der Waals surface area (Å²) in [7, 11) is -3.96. The molecule has 0 aromatic carbocycles. The van der Waals surface area contributed by atoms with E-state index in [1.54, 1.807) is 13.8 Å². The second-order valence-electron chi connectivity index (χ2n) is 5.05. The maximum atomic E-state index is 11.3. The summed E-state index contributed by atoms with van der Waals surface area (Å²) in [5.74, 6) is 0.00753. The van der Waals surface area contributed by atoms with Gasteiger partial charge in [0.2, 0.25) is 0 Å². The Hall–Kier alpha value is -0.420. The van der Waals surface area contributed by atoms with E-state index in [-0.39, 0.29) is 17.5 Å². The van der Waals surface area contributed by atoms with Crippen molar-refractivity contribution in [2.45, 2.75) is 39.5 Å². The van der Waals surface area contributed by atoms with E-state index < -0.39 is 15.5 Å². The third-order valence-corrected chi connectivity index (χ3v) is 4.25. The van der Waals surface area contributed by atoms with Crippen LogP contribution in [-0.2, 0) is 14.9 Å². The third-order valence-electron chi connectivity index (χ3n) is 3.14. The van der Waals surface area contributed by atoms with E-state index in [2.05, 4.69) is 0 Å². The van der Waals surface area contributed by atoms with E-state index in [1.165, 1.54) is 0 Å². The number of hydrogen-bond acceptors (Lipinski definition) is 3. The van der Waals surface area contributed by atoms with Gasteiger partial charge in [0.05, 0.1) is 5.75 Å². The van der Waals surface area contributed by atoms with Crippen LogP contribution >= 0.6 is 0 Å². The van der Waals surface area contributed by atoms with E-state index in [4.69, 9.17) is 4.55 Å².